The fraction of sp³-hybridized carbons (Fsp3) is 0.517. The highest BCUT2D eigenvalue weighted by Gasteiger charge is 2.29. The maximum Gasteiger partial charge on any atom is 0.140 e. The molecule has 2 aliphatic heterocycles. The Labute approximate surface area is 208 Å². The number of aromatic amines is 2. The lowest BCUT2D eigenvalue weighted by Gasteiger charge is -2.42. The van der Waals surface area contributed by atoms with Crippen LogP contribution in [0.2, 0.25) is 0 Å². The molecule has 2 saturated heterocycles. The fourth-order valence-corrected chi connectivity index (χ4v) is 6.34. The normalized spacial score (nSPS) is 19.4. The smallest absolute Gasteiger partial charge is 0.140 e. The SMILES string of the molecule is Cc1cc(C2CCN(C3CCN(CC(C)C)CC3)CC2)cc2[nH]c(-c3cnc4[nH]ccc4c3)nc12. The Morgan fingerprint density at radius 1 is 1.03 bits per heavy atom. The quantitative estimate of drug-likeness (QED) is 0.392. The highest BCUT2D eigenvalue weighted by Crippen LogP contribution is 2.34. The van der Waals surface area contributed by atoms with E-state index in [1.54, 1.807) is 0 Å². The number of pyridine rings is 1. The first-order valence-corrected chi connectivity index (χ1v) is 13.4. The van der Waals surface area contributed by atoms with Gasteiger partial charge in [-0.2, -0.15) is 0 Å². The first kappa shape index (κ1) is 22.7. The number of nitrogens with one attached hydrogen (secondary N) is 2. The number of fused-ring (bicyclic) bond motifs is 2. The molecule has 2 fully saturated rings. The first-order chi connectivity index (χ1) is 17.0. The second-order valence-electron chi connectivity index (χ2n) is 11.2. The van der Waals surface area contributed by atoms with Crippen LogP contribution >= 0.6 is 0 Å². The summed E-state index contributed by atoms with van der Waals surface area (Å²) in [5, 5.41) is 1.11. The van der Waals surface area contributed by atoms with Gasteiger partial charge in [-0.3, -0.25) is 0 Å². The number of hydrogen-bond donors (Lipinski definition) is 2. The lowest BCUT2D eigenvalue weighted by atomic mass is 9.87. The molecular weight excluding hydrogens is 432 g/mol. The van der Waals surface area contributed by atoms with Crippen molar-refractivity contribution in [2.75, 3.05) is 32.7 Å². The Morgan fingerprint density at radius 3 is 2.60 bits per heavy atom. The van der Waals surface area contributed by atoms with Crippen LogP contribution in [-0.2, 0) is 0 Å². The number of imidazole rings is 1. The van der Waals surface area contributed by atoms with Crippen LogP contribution in [0.4, 0.5) is 0 Å². The van der Waals surface area contributed by atoms with Crippen molar-refractivity contribution in [3.05, 3.63) is 47.8 Å². The van der Waals surface area contributed by atoms with Gasteiger partial charge in [-0.1, -0.05) is 19.9 Å². The summed E-state index contributed by atoms with van der Waals surface area (Å²) in [5.74, 6) is 2.31. The highest BCUT2D eigenvalue weighted by atomic mass is 15.2. The topological polar surface area (TPSA) is 63.8 Å². The minimum atomic E-state index is 0.639. The minimum absolute atomic E-state index is 0.639. The van der Waals surface area contributed by atoms with E-state index in [4.69, 9.17) is 4.98 Å². The molecule has 35 heavy (non-hydrogen) atoms. The zero-order valence-corrected chi connectivity index (χ0v) is 21.3. The summed E-state index contributed by atoms with van der Waals surface area (Å²) >= 11 is 0. The summed E-state index contributed by atoms with van der Waals surface area (Å²) in [4.78, 5) is 21.7. The minimum Gasteiger partial charge on any atom is -0.346 e. The van der Waals surface area contributed by atoms with Gasteiger partial charge in [0.05, 0.1) is 11.0 Å². The van der Waals surface area contributed by atoms with Crippen LogP contribution in [0.3, 0.4) is 0 Å². The molecule has 6 heteroatoms. The maximum atomic E-state index is 4.94. The van der Waals surface area contributed by atoms with Crippen molar-refractivity contribution in [3.63, 3.8) is 0 Å². The first-order valence-electron chi connectivity index (χ1n) is 13.4. The Bertz CT molecular complexity index is 1300. The maximum absolute atomic E-state index is 4.94. The van der Waals surface area contributed by atoms with E-state index in [0.717, 1.165) is 45.4 Å². The summed E-state index contributed by atoms with van der Waals surface area (Å²) < 4.78 is 0. The van der Waals surface area contributed by atoms with Crippen LogP contribution in [0.1, 0.15) is 56.6 Å². The van der Waals surface area contributed by atoms with Crippen LogP contribution in [0.15, 0.2) is 36.7 Å². The summed E-state index contributed by atoms with van der Waals surface area (Å²) in [7, 11) is 0. The van der Waals surface area contributed by atoms with Gasteiger partial charge >= 0.3 is 0 Å². The predicted octanol–water partition coefficient (Wildman–Crippen LogP) is 5.71. The molecule has 5 heterocycles. The molecule has 3 aromatic heterocycles. The second kappa shape index (κ2) is 9.40. The van der Waals surface area contributed by atoms with Crippen molar-refractivity contribution in [3.8, 4) is 11.4 Å². The Morgan fingerprint density at radius 2 is 1.83 bits per heavy atom. The van der Waals surface area contributed by atoms with E-state index in [1.165, 1.54) is 69.5 Å². The second-order valence-corrected chi connectivity index (χ2v) is 11.2. The molecule has 0 aliphatic carbocycles. The van der Waals surface area contributed by atoms with Gasteiger partial charge in [-0.05, 0) is 99.9 Å². The third-order valence-corrected chi connectivity index (χ3v) is 8.17. The molecule has 2 N–H and O–H groups in total. The van der Waals surface area contributed by atoms with Gasteiger partial charge < -0.3 is 19.8 Å². The lowest BCUT2D eigenvalue weighted by Crippen LogP contribution is -2.48. The van der Waals surface area contributed by atoms with E-state index in [-0.39, 0.29) is 0 Å². The number of nitrogens with zero attached hydrogens (tertiary/aromatic N) is 4. The van der Waals surface area contributed by atoms with Gasteiger partial charge in [0.2, 0.25) is 0 Å². The molecule has 6 nitrogen and oxygen atoms in total. The molecule has 2 aliphatic rings. The molecule has 0 unspecified atom stereocenters. The number of benzene rings is 1. The Hall–Kier alpha value is -2.70. The molecule has 1 aromatic carbocycles. The number of H-pyrrole nitrogens is 2. The number of aromatic nitrogens is 4. The van der Waals surface area contributed by atoms with Gasteiger partial charge in [0.25, 0.3) is 0 Å². The fourth-order valence-electron chi connectivity index (χ4n) is 6.34. The average molecular weight is 471 g/mol. The zero-order valence-electron chi connectivity index (χ0n) is 21.3. The van der Waals surface area contributed by atoms with Crippen molar-refractivity contribution >= 4 is 22.1 Å². The van der Waals surface area contributed by atoms with Crippen LogP contribution < -0.4 is 0 Å². The van der Waals surface area contributed by atoms with Crippen LogP contribution in [0.5, 0.6) is 0 Å². The van der Waals surface area contributed by atoms with E-state index >= 15 is 0 Å². The van der Waals surface area contributed by atoms with E-state index in [1.807, 2.05) is 12.4 Å². The predicted molar refractivity (Wildman–Crippen MR) is 144 cm³/mol. The van der Waals surface area contributed by atoms with Gasteiger partial charge in [-0.25, -0.2) is 9.97 Å². The van der Waals surface area contributed by atoms with Crippen molar-refractivity contribution in [1.82, 2.24) is 29.7 Å². The number of hydrogen-bond acceptors (Lipinski definition) is 4. The monoisotopic (exact) mass is 470 g/mol. The molecule has 6 rings (SSSR count). The van der Waals surface area contributed by atoms with Crippen LogP contribution in [-0.4, -0.2) is 68.5 Å². The van der Waals surface area contributed by atoms with Gasteiger partial charge in [0.1, 0.15) is 11.5 Å². The standard InChI is InChI=1S/C29H38N6/c1-19(2)18-34-10-7-25(8-11-34)35-12-5-21(6-13-35)23-14-20(3)27-26(16-23)32-29(33-27)24-15-22-4-9-30-28(22)31-17-24/h4,9,14-17,19,21,25H,5-8,10-13,18H2,1-3H3,(H,30,31)(H,32,33). The molecule has 0 atom stereocenters. The van der Waals surface area contributed by atoms with Crippen molar-refractivity contribution in [1.29, 1.82) is 0 Å². The lowest BCUT2D eigenvalue weighted by molar-refractivity contribution is 0.0828. The number of piperidine rings is 2. The highest BCUT2D eigenvalue weighted by molar-refractivity contribution is 5.85. The molecule has 0 amide bonds. The van der Waals surface area contributed by atoms with E-state index in [0.29, 0.717) is 5.92 Å². The molecule has 184 valence electrons. The van der Waals surface area contributed by atoms with Crippen molar-refractivity contribution in [2.24, 2.45) is 5.92 Å². The molecule has 0 spiro atoms. The summed E-state index contributed by atoms with van der Waals surface area (Å²) in [6.07, 6.45) is 9.01. The average Bonchev–Trinajstić information content (AvgIpc) is 3.51. The third-order valence-electron chi connectivity index (χ3n) is 8.17. The summed E-state index contributed by atoms with van der Waals surface area (Å²) in [5.41, 5.74) is 6.89. The molecule has 0 radical (unpaired) electrons. The summed E-state index contributed by atoms with van der Waals surface area (Å²) in [6, 6.07) is 9.72. The largest absolute Gasteiger partial charge is 0.346 e. The zero-order chi connectivity index (χ0) is 23.9. The van der Waals surface area contributed by atoms with E-state index in [2.05, 4.69) is 69.8 Å². The molecule has 0 bridgehead atoms. The molecular formula is C29H38N6. The Kier molecular flexibility index (Phi) is 6.11. The van der Waals surface area contributed by atoms with Crippen LogP contribution in [0.25, 0.3) is 33.5 Å². The number of rotatable bonds is 5. The molecule has 4 aromatic rings. The van der Waals surface area contributed by atoms with Gasteiger partial charge in [0.15, 0.2) is 0 Å². The number of aryl methyl sites for hydroxylation is 1. The van der Waals surface area contributed by atoms with Gasteiger partial charge in [-0.15, -0.1) is 0 Å². The molecule has 0 saturated carbocycles. The number of likely N-dealkylation sites (tertiary alicyclic amines) is 2. The summed E-state index contributed by atoms with van der Waals surface area (Å²) in [6.45, 7) is 13.1. The van der Waals surface area contributed by atoms with Gasteiger partial charge in [0, 0.05) is 35.9 Å². The van der Waals surface area contributed by atoms with Crippen LogP contribution in [0, 0.1) is 12.8 Å². The van der Waals surface area contributed by atoms with E-state index in [9.17, 15) is 0 Å². The Balaban J connectivity index is 1.14. The van der Waals surface area contributed by atoms with Crippen molar-refractivity contribution < 1.29 is 0 Å². The van der Waals surface area contributed by atoms with Crippen molar-refractivity contribution in [2.45, 2.75) is 58.4 Å². The third kappa shape index (κ3) is 4.62. The van der Waals surface area contributed by atoms with E-state index < -0.39 is 0 Å².